The Labute approximate surface area is 212 Å². The molecule has 9 heteroatoms. The number of aromatic nitrogens is 1. The monoisotopic (exact) mass is 508 g/mol. The minimum Gasteiger partial charge on any atom is -0.497 e. The summed E-state index contributed by atoms with van der Waals surface area (Å²) in [4.78, 5) is 32.1. The maximum atomic E-state index is 13.8. The summed E-state index contributed by atoms with van der Waals surface area (Å²) < 4.78 is 23.7. The van der Waals surface area contributed by atoms with Gasteiger partial charge in [0.05, 0.1) is 49.3 Å². The highest BCUT2D eigenvalue weighted by Gasteiger charge is 2.33. The molecule has 36 heavy (non-hydrogen) atoms. The first-order chi connectivity index (χ1) is 17.3. The quantitative estimate of drug-likeness (QED) is 0.456. The normalized spacial score (nSPS) is 15.4. The lowest BCUT2D eigenvalue weighted by Gasteiger charge is -2.25. The largest absolute Gasteiger partial charge is 0.497 e. The van der Waals surface area contributed by atoms with E-state index in [0.717, 1.165) is 5.56 Å². The first-order valence-corrected chi connectivity index (χ1v) is 12.2. The van der Waals surface area contributed by atoms with E-state index < -0.39 is 12.0 Å². The number of nitrogens with zero attached hydrogens (tertiary/aromatic N) is 2. The van der Waals surface area contributed by atoms with Crippen molar-refractivity contribution in [3.05, 3.63) is 84.5 Å². The zero-order valence-electron chi connectivity index (χ0n) is 21.0. The second-order valence-electron chi connectivity index (χ2n) is 8.42. The van der Waals surface area contributed by atoms with Crippen molar-refractivity contribution in [1.29, 1.82) is 0 Å². The molecule has 0 N–H and O–H groups in total. The van der Waals surface area contributed by atoms with Crippen LogP contribution in [0.2, 0.25) is 0 Å². The SMILES string of the molecule is COc1ccc(C2C(C(=O)OC(C)C)=C(C)N=c3s/c(=C/c4cc(OC)ccc4OC)c(=O)n32)cc1. The molecule has 0 fully saturated rings. The smallest absolute Gasteiger partial charge is 0.338 e. The van der Waals surface area contributed by atoms with E-state index in [9.17, 15) is 9.59 Å². The van der Waals surface area contributed by atoms with Gasteiger partial charge in [0.15, 0.2) is 4.80 Å². The number of carbonyl (C=O) groups is 1. The summed E-state index contributed by atoms with van der Waals surface area (Å²) in [5.41, 5.74) is 2.00. The van der Waals surface area contributed by atoms with Crippen LogP contribution in [0.4, 0.5) is 0 Å². The summed E-state index contributed by atoms with van der Waals surface area (Å²) in [5.74, 6) is 1.41. The van der Waals surface area contributed by atoms with Crippen molar-refractivity contribution >= 4 is 23.4 Å². The molecular weight excluding hydrogens is 480 g/mol. The zero-order valence-corrected chi connectivity index (χ0v) is 21.8. The lowest BCUT2D eigenvalue weighted by Crippen LogP contribution is -2.40. The summed E-state index contributed by atoms with van der Waals surface area (Å²) in [7, 11) is 4.73. The Morgan fingerprint density at radius 2 is 1.69 bits per heavy atom. The Bertz CT molecular complexity index is 1500. The van der Waals surface area contributed by atoms with E-state index >= 15 is 0 Å². The molecule has 1 unspecified atom stereocenters. The maximum Gasteiger partial charge on any atom is 0.338 e. The van der Waals surface area contributed by atoms with Crippen molar-refractivity contribution in [3.63, 3.8) is 0 Å². The summed E-state index contributed by atoms with van der Waals surface area (Å²) in [6.07, 6.45) is 1.43. The number of fused-ring (bicyclic) bond motifs is 1. The van der Waals surface area contributed by atoms with Gasteiger partial charge in [0.1, 0.15) is 17.2 Å². The van der Waals surface area contributed by atoms with Gasteiger partial charge in [-0.3, -0.25) is 9.36 Å². The molecule has 1 aliphatic heterocycles. The van der Waals surface area contributed by atoms with Crippen LogP contribution in [0.15, 0.2) is 63.5 Å². The Morgan fingerprint density at radius 1 is 1.03 bits per heavy atom. The van der Waals surface area contributed by atoms with Crippen molar-refractivity contribution in [2.75, 3.05) is 21.3 Å². The van der Waals surface area contributed by atoms with Crippen LogP contribution in [-0.4, -0.2) is 38.0 Å². The molecule has 0 saturated heterocycles. The highest BCUT2D eigenvalue weighted by atomic mass is 32.1. The Kier molecular flexibility index (Phi) is 7.30. The second kappa shape index (κ2) is 10.4. The van der Waals surface area contributed by atoms with Crippen molar-refractivity contribution in [2.45, 2.75) is 32.9 Å². The Morgan fingerprint density at radius 3 is 2.31 bits per heavy atom. The Hall–Kier alpha value is -3.85. The summed E-state index contributed by atoms with van der Waals surface area (Å²) in [6.45, 7) is 5.33. The van der Waals surface area contributed by atoms with Gasteiger partial charge in [-0.05, 0) is 62.7 Å². The molecule has 4 rings (SSSR count). The van der Waals surface area contributed by atoms with E-state index in [1.165, 1.54) is 11.3 Å². The summed E-state index contributed by atoms with van der Waals surface area (Å²) in [6, 6.07) is 12.0. The fraction of sp³-hybridized carbons (Fsp3) is 0.296. The molecule has 0 radical (unpaired) electrons. The molecular formula is C27H28N2O6S. The third-order valence-corrected chi connectivity index (χ3v) is 6.72. The topological polar surface area (TPSA) is 88.4 Å². The van der Waals surface area contributed by atoms with Gasteiger partial charge >= 0.3 is 5.97 Å². The number of ether oxygens (including phenoxy) is 4. The Balaban J connectivity index is 1.95. The maximum absolute atomic E-state index is 13.8. The van der Waals surface area contributed by atoms with Crippen LogP contribution in [0.5, 0.6) is 17.2 Å². The molecule has 0 spiro atoms. The molecule has 0 saturated carbocycles. The lowest BCUT2D eigenvalue weighted by atomic mass is 9.96. The number of benzene rings is 2. The standard InChI is InChI=1S/C27H28N2O6S/c1-15(2)35-26(31)23-16(3)28-27-29(24(23)17-7-9-19(32-4)10-8-17)25(30)22(36-27)14-18-13-20(33-5)11-12-21(18)34-6/h7-15,24H,1-6H3/b22-14+. The molecule has 8 nitrogen and oxygen atoms in total. The van der Waals surface area contributed by atoms with E-state index in [-0.39, 0.29) is 11.7 Å². The molecule has 2 aromatic carbocycles. The van der Waals surface area contributed by atoms with E-state index in [0.29, 0.717) is 43.4 Å². The number of rotatable bonds is 7. The number of allylic oxidation sites excluding steroid dienone is 1. The minimum absolute atomic E-state index is 0.271. The highest BCUT2D eigenvalue weighted by Crippen LogP contribution is 2.32. The van der Waals surface area contributed by atoms with Gasteiger partial charge in [0.2, 0.25) is 0 Å². The van der Waals surface area contributed by atoms with Crippen LogP contribution < -0.4 is 29.1 Å². The van der Waals surface area contributed by atoms with Crippen LogP contribution in [0.25, 0.3) is 6.08 Å². The predicted octanol–water partition coefficient (Wildman–Crippen LogP) is 3.21. The number of esters is 1. The molecule has 3 aromatic rings. The van der Waals surface area contributed by atoms with Crippen LogP contribution in [0.3, 0.4) is 0 Å². The molecule has 188 valence electrons. The first-order valence-electron chi connectivity index (χ1n) is 11.4. The number of methoxy groups -OCH3 is 3. The van der Waals surface area contributed by atoms with Crippen LogP contribution in [-0.2, 0) is 9.53 Å². The number of thiazole rings is 1. The van der Waals surface area contributed by atoms with Gasteiger partial charge in [0.25, 0.3) is 5.56 Å². The van der Waals surface area contributed by atoms with Crippen molar-refractivity contribution in [3.8, 4) is 17.2 Å². The van der Waals surface area contributed by atoms with Crippen molar-refractivity contribution in [2.24, 2.45) is 4.99 Å². The zero-order chi connectivity index (χ0) is 26.0. The fourth-order valence-corrected chi connectivity index (χ4v) is 5.09. The van der Waals surface area contributed by atoms with Gasteiger partial charge in [-0.15, -0.1) is 0 Å². The molecule has 1 aliphatic rings. The third kappa shape index (κ3) is 4.79. The molecule has 2 heterocycles. The van der Waals surface area contributed by atoms with Gasteiger partial charge < -0.3 is 18.9 Å². The van der Waals surface area contributed by atoms with Crippen LogP contribution in [0, 0.1) is 0 Å². The van der Waals surface area contributed by atoms with Gasteiger partial charge in [0, 0.05) is 5.56 Å². The van der Waals surface area contributed by atoms with E-state index in [4.69, 9.17) is 18.9 Å². The van der Waals surface area contributed by atoms with Gasteiger partial charge in [-0.25, -0.2) is 9.79 Å². The average molecular weight is 509 g/mol. The van der Waals surface area contributed by atoms with E-state index in [2.05, 4.69) is 4.99 Å². The third-order valence-electron chi connectivity index (χ3n) is 5.74. The molecule has 0 amide bonds. The number of hydrogen-bond acceptors (Lipinski definition) is 8. The average Bonchev–Trinajstić information content (AvgIpc) is 3.16. The van der Waals surface area contributed by atoms with Crippen LogP contribution in [0.1, 0.15) is 37.9 Å². The lowest BCUT2D eigenvalue weighted by molar-refractivity contribution is -0.143. The van der Waals surface area contributed by atoms with Crippen molar-refractivity contribution < 1.29 is 23.7 Å². The summed E-state index contributed by atoms with van der Waals surface area (Å²) >= 11 is 1.25. The van der Waals surface area contributed by atoms with Gasteiger partial charge in [-0.1, -0.05) is 23.5 Å². The summed E-state index contributed by atoms with van der Waals surface area (Å²) in [5, 5.41) is 0. The van der Waals surface area contributed by atoms with E-state index in [1.807, 2.05) is 12.1 Å². The first kappa shape index (κ1) is 25.2. The molecule has 0 aliphatic carbocycles. The second-order valence-corrected chi connectivity index (χ2v) is 9.43. The van der Waals surface area contributed by atoms with Crippen LogP contribution >= 0.6 is 11.3 Å². The fourth-order valence-electron chi connectivity index (χ4n) is 4.06. The molecule has 1 atom stereocenters. The predicted molar refractivity (Wildman–Crippen MR) is 138 cm³/mol. The minimum atomic E-state index is -0.701. The van der Waals surface area contributed by atoms with E-state index in [1.54, 1.807) is 83.1 Å². The van der Waals surface area contributed by atoms with Gasteiger partial charge in [-0.2, -0.15) is 0 Å². The highest BCUT2D eigenvalue weighted by molar-refractivity contribution is 7.07. The number of hydrogen-bond donors (Lipinski definition) is 0. The molecule has 1 aromatic heterocycles. The number of carbonyl (C=O) groups excluding carboxylic acids is 1. The molecule has 0 bridgehead atoms. The van der Waals surface area contributed by atoms with Crippen molar-refractivity contribution in [1.82, 2.24) is 4.57 Å².